The minimum absolute atomic E-state index is 0.173. The zero-order valence-electron chi connectivity index (χ0n) is 16.1. The lowest BCUT2D eigenvalue weighted by Crippen LogP contribution is -2.35. The Morgan fingerprint density at radius 2 is 1.85 bits per heavy atom. The first kappa shape index (κ1) is 20.8. The fraction of sp³-hybridized carbons (Fsp3) is 0.571. The standard InChI is InChI=1S/C21H30O4S/c1-15(14-16(2)26(4,23)24)21(19-12-8-9-13-20(19)22)25-17(3)18-10-6-5-7-11-18/h5-7,10-11,14,16-17,19,21H,8-9,12-13H2,1-4H3/b15-14-/t16-,17+,19-,21-/m1/s1. The Bertz CT molecular complexity index is 737. The third-order valence-corrected chi connectivity index (χ3v) is 6.70. The Hall–Kier alpha value is -1.46. The summed E-state index contributed by atoms with van der Waals surface area (Å²) in [5, 5.41) is -0.598. The molecule has 0 bridgehead atoms. The smallest absolute Gasteiger partial charge is 0.153 e. The van der Waals surface area contributed by atoms with Gasteiger partial charge in [-0.15, -0.1) is 0 Å². The maximum absolute atomic E-state index is 12.5. The van der Waals surface area contributed by atoms with E-state index >= 15 is 0 Å². The van der Waals surface area contributed by atoms with Crippen molar-refractivity contribution >= 4 is 15.6 Å². The first-order chi connectivity index (χ1) is 12.2. The van der Waals surface area contributed by atoms with E-state index in [2.05, 4.69) is 0 Å². The van der Waals surface area contributed by atoms with Crippen LogP contribution in [0.25, 0.3) is 0 Å². The molecule has 0 saturated heterocycles. The van der Waals surface area contributed by atoms with Gasteiger partial charge in [0, 0.05) is 18.6 Å². The van der Waals surface area contributed by atoms with E-state index in [-0.39, 0.29) is 23.9 Å². The molecular weight excluding hydrogens is 348 g/mol. The third-order valence-electron chi connectivity index (χ3n) is 5.21. The van der Waals surface area contributed by atoms with Crippen molar-refractivity contribution < 1.29 is 17.9 Å². The summed E-state index contributed by atoms with van der Waals surface area (Å²) in [6.45, 7) is 5.52. The van der Waals surface area contributed by atoms with Crippen LogP contribution >= 0.6 is 0 Å². The molecule has 4 nitrogen and oxygen atoms in total. The summed E-state index contributed by atoms with van der Waals surface area (Å²) in [5.74, 6) is 0.0270. The van der Waals surface area contributed by atoms with Gasteiger partial charge in [0.05, 0.1) is 17.5 Å². The van der Waals surface area contributed by atoms with E-state index < -0.39 is 15.1 Å². The monoisotopic (exact) mass is 378 g/mol. The number of hydrogen-bond acceptors (Lipinski definition) is 4. The lowest BCUT2D eigenvalue weighted by molar-refractivity contribution is -0.131. The Morgan fingerprint density at radius 1 is 1.19 bits per heavy atom. The van der Waals surface area contributed by atoms with Gasteiger partial charge in [0.15, 0.2) is 9.84 Å². The highest BCUT2D eigenvalue weighted by molar-refractivity contribution is 7.91. The lowest BCUT2D eigenvalue weighted by Gasteiger charge is -2.32. The van der Waals surface area contributed by atoms with Gasteiger partial charge < -0.3 is 4.74 Å². The first-order valence-electron chi connectivity index (χ1n) is 9.30. The van der Waals surface area contributed by atoms with Crippen molar-refractivity contribution in [3.05, 3.63) is 47.5 Å². The molecule has 1 saturated carbocycles. The number of rotatable bonds is 7. The molecule has 1 aliphatic rings. The van der Waals surface area contributed by atoms with Crippen LogP contribution in [0, 0.1) is 5.92 Å². The van der Waals surface area contributed by atoms with Crippen molar-refractivity contribution in [2.24, 2.45) is 5.92 Å². The van der Waals surface area contributed by atoms with Crippen molar-refractivity contribution in [1.29, 1.82) is 0 Å². The van der Waals surface area contributed by atoms with Crippen LogP contribution in [0.4, 0.5) is 0 Å². The molecule has 0 N–H and O–H groups in total. The minimum atomic E-state index is -3.17. The molecule has 4 atom stereocenters. The van der Waals surface area contributed by atoms with Crippen LogP contribution < -0.4 is 0 Å². The number of carbonyl (C=O) groups is 1. The number of ketones is 1. The van der Waals surface area contributed by atoms with Crippen LogP contribution in [0.3, 0.4) is 0 Å². The molecule has 144 valence electrons. The molecule has 0 heterocycles. The van der Waals surface area contributed by atoms with Crippen LogP contribution in [0.2, 0.25) is 0 Å². The zero-order valence-corrected chi connectivity index (χ0v) is 17.0. The number of sulfone groups is 1. The molecule has 0 radical (unpaired) electrons. The number of carbonyl (C=O) groups excluding carboxylic acids is 1. The normalized spacial score (nSPS) is 22.7. The summed E-state index contributed by atoms with van der Waals surface area (Å²) in [7, 11) is -3.17. The quantitative estimate of drug-likeness (QED) is 0.665. The van der Waals surface area contributed by atoms with Crippen LogP contribution in [0.1, 0.15) is 58.1 Å². The Kier molecular flexibility index (Phi) is 7.18. The minimum Gasteiger partial charge on any atom is -0.366 e. The molecule has 2 rings (SSSR count). The van der Waals surface area contributed by atoms with Gasteiger partial charge >= 0.3 is 0 Å². The zero-order chi connectivity index (χ0) is 19.3. The second-order valence-corrected chi connectivity index (χ2v) is 9.78. The van der Waals surface area contributed by atoms with E-state index in [0.717, 1.165) is 30.4 Å². The summed E-state index contributed by atoms with van der Waals surface area (Å²) in [6, 6.07) is 9.89. The molecule has 0 aromatic heterocycles. The van der Waals surface area contributed by atoms with E-state index in [1.165, 1.54) is 6.26 Å². The molecule has 0 spiro atoms. The molecule has 1 aliphatic carbocycles. The predicted octanol–water partition coefficient (Wildman–Crippen LogP) is 4.27. The van der Waals surface area contributed by atoms with Gasteiger partial charge in [0.1, 0.15) is 5.78 Å². The average Bonchev–Trinajstić information content (AvgIpc) is 2.60. The van der Waals surface area contributed by atoms with Gasteiger partial charge in [0.2, 0.25) is 0 Å². The summed E-state index contributed by atoms with van der Waals surface area (Å²) >= 11 is 0. The van der Waals surface area contributed by atoms with E-state index in [9.17, 15) is 13.2 Å². The second-order valence-electron chi connectivity index (χ2n) is 7.37. The van der Waals surface area contributed by atoms with Crippen molar-refractivity contribution in [3.63, 3.8) is 0 Å². The van der Waals surface area contributed by atoms with Crippen molar-refractivity contribution in [3.8, 4) is 0 Å². The molecule has 0 unspecified atom stereocenters. The molecule has 1 aromatic carbocycles. The van der Waals surface area contributed by atoms with Crippen molar-refractivity contribution in [2.45, 2.75) is 63.9 Å². The summed E-state index contributed by atoms with van der Waals surface area (Å²) in [6.07, 6.45) is 5.72. The topological polar surface area (TPSA) is 60.4 Å². The van der Waals surface area contributed by atoms with Gasteiger partial charge in [-0.05, 0) is 44.7 Å². The van der Waals surface area contributed by atoms with Gasteiger partial charge in [-0.3, -0.25) is 4.79 Å². The van der Waals surface area contributed by atoms with Crippen LogP contribution in [-0.4, -0.2) is 31.8 Å². The van der Waals surface area contributed by atoms with E-state index in [1.807, 2.05) is 44.2 Å². The van der Waals surface area contributed by atoms with E-state index in [4.69, 9.17) is 4.74 Å². The maximum Gasteiger partial charge on any atom is 0.153 e. The highest BCUT2D eigenvalue weighted by atomic mass is 32.2. The molecule has 1 aromatic rings. The van der Waals surface area contributed by atoms with Gasteiger partial charge in [0.25, 0.3) is 0 Å². The van der Waals surface area contributed by atoms with Gasteiger partial charge in [-0.2, -0.15) is 0 Å². The van der Waals surface area contributed by atoms with Gasteiger partial charge in [-0.25, -0.2) is 8.42 Å². The number of benzene rings is 1. The van der Waals surface area contributed by atoms with E-state index in [1.54, 1.807) is 13.0 Å². The molecule has 0 aliphatic heterocycles. The highest BCUT2D eigenvalue weighted by Gasteiger charge is 2.33. The van der Waals surface area contributed by atoms with Crippen LogP contribution in [0.15, 0.2) is 42.0 Å². The largest absolute Gasteiger partial charge is 0.366 e. The maximum atomic E-state index is 12.5. The van der Waals surface area contributed by atoms with Crippen LogP contribution in [-0.2, 0) is 19.4 Å². The Labute approximate surface area is 157 Å². The molecule has 26 heavy (non-hydrogen) atoms. The summed E-state index contributed by atoms with van der Waals surface area (Å²) in [4.78, 5) is 12.5. The third kappa shape index (κ3) is 5.52. The SMILES string of the molecule is C/C(=C/[C@@H](C)S(C)(=O)=O)[C@@H](O[C@@H](C)c1ccccc1)[C@@H]1CCCCC1=O. The van der Waals surface area contributed by atoms with E-state index in [0.29, 0.717) is 6.42 Å². The van der Waals surface area contributed by atoms with Crippen molar-refractivity contribution in [2.75, 3.05) is 6.26 Å². The predicted molar refractivity (Wildman–Crippen MR) is 105 cm³/mol. The Morgan fingerprint density at radius 3 is 2.42 bits per heavy atom. The fourth-order valence-electron chi connectivity index (χ4n) is 3.46. The van der Waals surface area contributed by atoms with Crippen molar-refractivity contribution in [1.82, 2.24) is 0 Å². The number of hydrogen-bond donors (Lipinski definition) is 0. The second kappa shape index (κ2) is 8.96. The first-order valence-corrected chi connectivity index (χ1v) is 11.3. The number of Topliss-reactive ketones (excluding diaryl/α,β-unsaturated/α-hetero) is 1. The fourth-order valence-corrected chi connectivity index (χ4v) is 3.92. The number of ether oxygens (including phenoxy) is 1. The summed E-state index contributed by atoms with van der Waals surface area (Å²) < 4.78 is 30.0. The van der Waals surface area contributed by atoms with Crippen LogP contribution in [0.5, 0.6) is 0 Å². The summed E-state index contributed by atoms with van der Waals surface area (Å²) in [5.41, 5.74) is 1.87. The lowest BCUT2D eigenvalue weighted by atomic mass is 9.81. The molecule has 5 heteroatoms. The molecule has 1 fully saturated rings. The highest BCUT2D eigenvalue weighted by Crippen LogP contribution is 2.32. The van der Waals surface area contributed by atoms with Gasteiger partial charge in [-0.1, -0.05) is 42.8 Å². The average molecular weight is 379 g/mol. The molecular formula is C21H30O4S. The molecule has 0 amide bonds. The Balaban J connectivity index is 2.29.